The average molecular weight is 471 g/mol. The van der Waals surface area contributed by atoms with Gasteiger partial charge >= 0.3 is 0 Å². The van der Waals surface area contributed by atoms with Gasteiger partial charge in [0.15, 0.2) is 0 Å². The topological polar surface area (TPSA) is 104 Å². The second-order valence-electron chi connectivity index (χ2n) is 8.84. The Balaban J connectivity index is 1.23. The highest BCUT2D eigenvalue weighted by molar-refractivity contribution is 6.31. The number of nitrogens with zero attached hydrogens (tertiary/aromatic N) is 3. The highest BCUT2D eigenvalue weighted by Gasteiger charge is 2.31. The van der Waals surface area contributed by atoms with Crippen LogP contribution in [-0.2, 0) is 16.1 Å². The number of nitrogens with one attached hydrogen (secondary N) is 2. The number of nitrogen functional groups attached to an aromatic ring is 1. The Labute approximate surface area is 199 Å². The molecule has 0 atom stereocenters. The minimum absolute atomic E-state index is 0.105. The van der Waals surface area contributed by atoms with Crippen molar-refractivity contribution in [2.75, 3.05) is 42.5 Å². The van der Waals surface area contributed by atoms with Crippen molar-refractivity contribution in [1.29, 1.82) is 0 Å². The zero-order valence-corrected chi connectivity index (χ0v) is 19.4. The van der Waals surface area contributed by atoms with Gasteiger partial charge in [-0.2, -0.15) is 0 Å². The molecule has 2 aromatic rings. The molecule has 2 amide bonds. The Hall–Kier alpha value is -2.84. The monoisotopic (exact) mass is 470 g/mol. The third-order valence-corrected chi connectivity index (χ3v) is 6.79. The summed E-state index contributed by atoms with van der Waals surface area (Å²) in [6, 6.07) is 9.56. The molecule has 33 heavy (non-hydrogen) atoms. The summed E-state index contributed by atoms with van der Waals surface area (Å²) in [7, 11) is 0. The van der Waals surface area contributed by atoms with Crippen molar-refractivity contribution in [2.24, 2.45) is 5.92 Å². The summed E-state index contributed by atoms with van der Waals surface area (Å²) in [5, 5.41) is 6.76. The maximum atomic E-state index is 13.1. The minimum atomic E-state index is 0.105. The average Bonchev–Trinajstić information content (AvgIpc) is 2.82. The maximum Gasteiger partial charge on any atom is 0.225 e. The molecule has 0 spiro atoms. The van der Waals surface area contributed by atoms with Crippen molar-refractivity contribution in [3.63, 3.8) is 0 Å². The third-order valence-electron chi connectivity index (χ3n) is 6.55. The van der Waals surface area contributed by atoms with Crippen molar-refractivity contribution in [3.05, 3.63) is 47.1 Å². The number of carbonyl (C=O) groups excluding carboxylic acids is 2. The fourth-order valence-corrected chi connectivity index (χ4v) is 4.91. The summed E-state index contributed by atoms with van der Waals surface area (Å²) in [4.78, 5) is 32.4. The fourth-order valence-electron chi connectivity index (χ4n) is 4.74. The molecule has 4 N–H and O–H groups in total. The summed E-state index contributed by atoms with van der Waals surface area (Å²) in [6.45, 7) is 4.17. The van der Waals surface area contributed by atoms with E-state index in [0.29, 0.717) is 22.9 Å². The van der Waals surface area contributed by atoms with E-state index in [-0.39, 0.29) is 17.9 Å². The lowest BCUT2D eigenvalue weighted by Crippen LogP contribution is -2.47. The number of amides is 2. The smallest absolute Gasteiger partial charge is 0.225 e. The molecule has 1 aromatic carbocycles. The molecule has 2 aliphatic rings. The first-order valence-corrected chi connectivity index (χ1v) is 11.9. The molecule has 0 bridgehead atoms. The Bertz CT molecular complexity index is 971. The highest BCUT2D eigenvalue weighted by Crippen LogP contribution is 2.28. The first kappa shape index (κ1) is 23.3. The molecule has 0 saturated carbocycles. The van der Waals surface area contributed by atoms with E-state index in [4.69, 9.17) is 17.3 Å². The van der Waals surface area contributed by atoms with E-state index >= 15 is 0 Å². The Morgan fingerprint density at radius 3 is 2.55 bits per heavy atom. The van der Waals surface area contributed by atoms with Crippen LogP contribution in [0.5, 0.6) is 0 Å². The molecule has 0 unspecified atom stereocenters. The molecule has 0 aliphatic carbocycles. The van der Waals surface area contributed by atoms with Gasteiger partial charge in [0.25, 0.3) is 0 Å². The van der Waals surface area contributed by atoms with Gasteiger partial charge in [0.2, 0.25) is 12.3 Å². The molecule has 8 nitrogen and oxygen atoms in total. The van der Waals surface area contributed by atoms with Crippen LogP contribution in [0.25, 0.3) is 0 Å². The van der Waals surface area contributed by atoms with E-state index in [1.54, 1.807) is 18.3 Å². The maximum absolute atomic E-state index is 13.1. The number of likely N-dealkylation sites (tertiary alicyclic amines) is 2. The van der Waals surface area contributed by atoms with E-state index in [1.165, 1.54) is 0 Å². The first-order chi connectivity index (χ1) is 16.0. The van der Waals surface area contributed by atoms with Crippen molar-refractivity contribution < 1.29 is 9.59 Å². The molecule has 2 saturated heterocycles. The standard InChI is InChI=1S/C24H31ClN6O2/c25-19-1-2-21(22(14-19)28-16-32)29-20-6-11-31(12-7-20)24(33)18-4-9-30(10-5-18)15-17-3-8-27-23(26)13-17/h1-3,8,13-14,16,18,20,29H,4-7,9-12,15H2,(H2,26,27)(H,28,32). The number of carbonyl (C=O) groups is 2. The van der Waals surface area contributed by atoms with Crippen LogP contribution in [0.15, 0.2) is 36.5 Å². The van der Waals surface area contributed by atoms with Crippen molar-refractivity contribution in [2.45, 2.75) is 38.3 Å². The second kappa shape index (κ2) is 10.9. The molecule has 2 aliphatic heterocycles. The van der Waals surface area contributed by atoms with Gasteiger partial charge in [-0.1, -0.05) is 11.6 Å². The van der Waals surface area contributed by atoms with Crippen LogP contribution in [-0.4, -0.2) is 59.3 Å². The lowest BCUT2D eigenvalue weighted by atomic mass is 9.93. The number of hydrogen-bond acceptors (Lipinski definition) is 6. The largest absolute Gasteiger partial charge is 0.384 e. The fraction of sp³-hybridized carbons (Fsp3) is 0.458. The van der Waals surface area contributed by atoms with Crippen LogP contribution in [0.3, 0.4) is 0 Å². The van der Waals surface area contributed by atoms with Crippen LogP contribution < -0.4 is 16.4 Å². The van der Waals surface area contributed by atoms with E-state index in [2.05, 4.69) is 20.5 Å². The number of piperidine rings is 2. The normalized spacial score (nSPS) is 18.2. The molecule has 2 fully saturated rings. The quantitative estimate of drug-likeness (QED) is 0.537. The summed E-state index contributed by atoms with van der Waals surface area (Å²) >= 11 is 6.04. The lowest BCUT2D eigenvalue weighted by molar-refractivity contribution is -0.138. The number of nitrogens with two attached hydrogens (primary N) is 1. The zero-order chi connectivity index (χ0) is 23.2. The number of aromatic nitrogens is 1. The molecule has 0 radical (unpaired) electrons. The van der Waals surface area contributed by atoms with Crippen LogP contribution in [0.2, 0.25) is 5.02 Å². The van der Waals surface area contributed by atoms with Gasteiger partial charge in [-0.05, 0) is 74.7 Å². The van der Waals surface area contributed by atoms with Gasteiger partial charge < -0.3 is 21.3 Å². The van der Waals surface area contributed by atoms with Gasteiger partial charge in [0, 0.05) is 42.8 Å². The molecule has 9 heteroatoms. The van der Waals surface area contributed by atoms with Crippen molar-refractivity contribution in [1.82, 2.24) is 14.8 Å². The molecule has 3 heterocycles. The van der Waals surface area contributed by atoms with Gasteiger partial charge in [-0.3, -0.25) is 14.5 Å². The Kier molecular flexibility index (Phi) is 7.67. The van der Waals surface area contributed by atoms with Gasteiger partial charge in [-0.25, -0.2) is 4.98 Å². The summed E-state index contributed by atoms with van der Waals surface area (Å²) < 4.78 is 0. The SMILES string of the molecule is Nc1cc(CN2CCC(C(=O)N3CCC(Nc4ccc(Cl)cc4NC=O)CC3)CC2)ccn1. The van der Waals surface area contributed by atoms with E-state index in [9.17, 15) is 9.59 Å². The Morgan fingerprint density at radius 1 is 1.09 bits per heavy atom. The van der Waals surface area contributed by atoms with Crippen LogP contribution in [0.4, 0.5) is 17.2 Å². The van der Waals surface area contributed by atoms with Gasteiger partial charge in [0.1, 0.15) is 5.82 Å². The van der Waals surface area contributed by atoms with Crippen molar-refractivity contribution >= 4 is 41.1 Å². The number of pyridine rings is 1. The molecular formula is C24H31ClN6O2. The van der Waals surface area contributed by atoms with Gasteiger partial charge in [-0.15, -0.1) is 0 Å². The molecule has 4 rings (SSSR count). The first-order valence-electron chi connectivity index (χ1n) is 11.5. The van der Waals surface area contributed by atoms with Crippen LogP contribution in [0, 0.1) is 5.92 Å². The number of rotatable bonds is 7. The zero-order valence-electron chi connectivity index (χ0n) is 18.7. The number of halogens is 1. The molecule has 176 valence electrons. The third kappa shape index (κ3) is 6.15. The highest BCUT2D eigenvalue weighted by atomic mass is 35.5. The predicted octanol–water partition coefficient (Wildman–Crippen LogP) is 3.20. The minimum Gasteiger partial charge on any atom is -0.384 e. The van der Waals surface area contributed by atoms with E-state index < -0.39 is 0 Å². The summed E-state index contributed by atoms with van der Waals surface area (Å²) in [5.41, 5.74) is 8.45. The number of hydrogen-bond donors (Lipinski definition) is 3. The van der Waals surface area contributed by atoms with E-state index in [1.807, 2.05) is 23.1 Å². The molecular weight excluding hydrogens is 440 g/mol. The Morgan fingerprint density at radius 2 is 1.85 bits per heavy atom. The second-order valence-corrected chi connectivity index (χ2v) is 9.27. The van der Waals surface area contributed by atoms with E-state index in [0.717, 1.165) is 69.7 Å². The van der Waals surface area contributed by atoms with Gasteiger partial charge in [0.05, 0.1) is 11.4 Å². The predicted molar refractivity (Wildman–Crippen MR) is 131 cm³/mol. The van der Waals surface area contributed by atoms with Crippen molar-refractivity contribution in [3.8, 4) is 0 Å². The summed E-state index contributed by atoms with van der Waals surface area (Å²) in [5.74, 6) is 0.937. The van der Waals surface area contributed by atoms with Crippen LogP contribution in [0.1, 0.15) is 31.2 Å². The summed E-state index contributed by atoms with van der Waals surface area (Å²) in [6.07, 6.45) is 5.92. The number of benzene rings is 1. The van der Waals surface area contributed by atoms with Crippen LogP contribution >= 0.6 is 11.6 Å². The number of anilines is 3. The molecule has 1 aromatic heterocycles. The lowest BCUT2D eigenvalue weighted by Gasteiger charge is -2.37.